The number of aromatic carboxylic acids is 1. The zero-order valence-corrected chi connectivity index (χ0v) is 11.5. The SMILES string of the molecule is COc1cn(-c2ccccc2Br)c(C(=O)O)cc1=O. The van der Waals surface area contributed by atoms with Crippen LogP contribution >= 0.6 is 15.9 Å². The first kappa shape index (κ1) is 13.4. The van der Waals surface area contributed by atoms with E-state index >= 15 is 0 Å². The molecule has 0 aliphatic heterocycles. The van der Waals surface area contributed by atoms with Crippen molar-refractivity contribution in [1.29, 1.82) is 0 Å². The van der Waals surface area contributed by atoms with Crippen molar-refractivity contribution in [2.45, 2.75) is 0 Å². The van der Waals surface area contributed by atoms with Crippen LogP contribution in [0.4, 0.5) is 0 Å². The molecule has 1 aromatic carbocycles. The van der Waals surface area contributed by atoms with E-state index in [1.54, 1.807) is 18.2 Å². The minimum Gasteiger partial charge on any atom is -0.491 e. The smallest absolute Gasteiger partial charge is 0.353 e. The summed E-state index contributed by atoms with van der Waals surface area (Å²) < 4.78 is 7.05. The van der Waals surface area contributed by atoms with Crippen molar-refractivity contribution in [3.05, 3.63) is 56.9 Å². The van der Waals surface area contributed by atoms with Crippen molar-refractivity contribution in [2.75, 3.05) is 7.11 Å². The Bertz CT molecular complexity index is 693. The molecule has 2 rings (SSSR count). The molecule has 0 aliphatic rings. The lowest BCUT2D eigenvalue weighted by molar-refractivity contribution is 0.0687. The van der Waals surface area contributed by atoms with E-state index in [0.717, 1.165) is 6.07 Å². The molecule has 1 heterocycles. The van der Waals surface area contributed by atoms with Crippen LogP contribution in [0.1, 0.15) is 10.5 Å². The van der Waals surface area contributed by atoms with Crippen molar-refractivity contribution < 1.29 is 14.6 Å². The fourth-order valence-electron chi connectivity index (χ4n) is 1.68. The molecule has 0 radical (unpaired) electrons. The van der Waals surface area contributed by atoms with Gasteiger partial charge in [0.1, 0.15) is 5.69 Å². The monoisotopic (exact) mass is 323 g/mol. The van der Waals surface area contributed by atoms with Gasteiger partial charge in [0.15, 0.2) is 5.75 Å². The first-order valence-corrected chi connectivity index (χ1v) is 6.12. The molecule has 0 aliphatic carbocycles. The van der Waals surface area contributed by atoms with Crippen LogP contribution in [0.2, 0.25) is 0 Å². The minimum absolute atomic E-state index is 0.0840. The van der Waals surface area contributed by atoms with Crippen LogP contribution in [0, 0.1) is 0 Å². The zero-order chi connectivity index (χ0) is 14.0. The Labute approximate surface area is 117 Å². The zero-order valence-electron chi connectivity index (χ0n) is 9.96. The number of carboxylic acid groups (broad SMARTS) is 1. The molecule has 2 aromatic rings. The summed E-state index contributed by atoms with van der Waals surface area (Å²) in [4.78, 5) is 22.9. The van der Waals surface area contributed by atoms with Crippen LogP contribution in [0.25, 0.3) is 5.69 Å². The molecule has 6 heteroatoms. The molecular weight excluding hydrogens is 314 g/mol. The van der Waals surface area contributed by atoms with Gasteiger partial charge in [-0.2, -0.15) is 0 Å². The second kappa shape index (κ2) is 5.27. The van der Waals surface area contributed by atoms with E-state index < -0.39 is 11.4 Å². The third kappa shape index (κ3) is 2.53. The first-order chi connectivity index (χ1) is 9.04. The molecule has 0 unspecified atom stereocenters. The molecule has 98 valence electrons. The second-order valence-corrected chi connectivity index (χ2v) is 4.57. The Morgan fingerprint density at radius 2 is 2.05 bits per heavy atom. The summed E-state index contributed by atoms with van der Waals surface area (Å²) in [6.07, 6.45) is 1.37. The van der Waals surface area contributed by atoms with E-state index in [2.05, 4.69) is 15.9 Å². The van der Waals surface area contributed by atoms with E-state index in [0.29, 0.717) is 10.2 Å². The summed E-state index contributed by atoms with van der Waals surface area (Å²) >= 11 is 3.35. The number of ether oxygens (including phenoxy) is 1. The van der Waals surface area contributed by atoms with E-state index in [4.69, 9.17) is 4.74 Å². The number of rotatable bonds is 3. The maximum atomic E-state index is 11.6. The van der Waals surface area contributed by atoms with Crippen molar-refractivity contribution >= 4 is 21.9 Å². The summed E-state index contributed by atoms with van der Waals surface area (Å²) in [5.74, 6) is -1.10. The van der Waals surface area contributed by atoms with Gasteiger partial charge >= 0.3 is 5.97 Å². The second-order valence-electron chi connectivity index (χ2n) is 3.72. The fourth-order valence-corrected chi connectivity index (χ4v) is 2.16. The predicted octanol–water partition coefficient (Wildman–Crippen LogP) is 2.31. The minimum atomic E-state index is -1.18. The highest BCUT2D eigenvalue weighted by Gasteiger charge is 2.15. The number of halogens is 1. The Hall–Kier alpha value is -2.08. The molecule has 0 amide bonds. The number of carbonyl (C=O) groups is 1. The molecule has 5 nitrogen and oxygen atoms in total. The molecule has 1 N–H and O–H groups in total. The number of hydrogen-bond acceptors (Lipinski definition) is 3. The highest BCUT2D eigenvalue weighted by molar-refractivity contribution is 9.10. The summed E-state index contributed by atoms with van der Waals surface area (Å²) in [6, 6.07) is 8.15. The third-order valence-electron chi connectivity index (χ3n) is 2.57. The van der Waals surface area contributed by atoms with Crippen LogP contribution in [0.5, 0.6) is 5.75 Å². The molecule has 1 aromatic heterocycles. The highest BCUT2D eigenvalue weighted by atomic mass is 79.9. The lowest BCUT2D eigenvalue weighted by Gasteiger charge is -2.13. The van der Waals surface area contributed by atoms with Gasteiger partial charge in [0, 0.05) is 10.5 Å². The van der Waals surface area contributed by atoms with Crippen molar-refractivity contribution in [2.24, 2.45) is 0 Å². The first-order valence-electron chi connectivity index (χ1n) is 5.33. The Kier molecular flexibility index (Phi) is 3.71. The van der Waals surface area contributed by atoms with E-state index in [1.165, 1.54) is 17.9 Å². The molecular formula is C13H10BrNO4. The number of benzene rings is 1. The number of hydrogen-bond donors (Lipinski definition) is 1. The van der Waals surface area contributed by atoms with E-state index in [9.17, 15) is 14.7 Å². The van der Waals surface area contributed by atoms with Gasteiger partial charge < -0.3 is 14.4 Å². The molecule has 0 atom stereocenters. The predicted molar refractivity (Wildman–Crippen MR) is 73.3 cm³/mol. The van der Waals surface area contributed by atoms with Crippen molar-refractivity contribution in [3.8, 4) is 11.4 Å². The Balaban J connectivity index is 2.78. The Morgan fingerprint density at radius 3 is 2.63 bits per heavy atom. The molecule has 0 saturated heterocycles. The number of pyridine rings is 1. The highest BCUT2D eigenvalue weighted by Crippen LogP contribution is 2.23. The number of para-hydroxylation sites is 1. The largest absolute Gasteiger partial charge is 0.491 e. The van der Waals surface area contributed by atoms with Gasteiger partial charge in [-0.1, -0.05) is 12.1 Å². The maximum Gasteiger partial charge on any atom is 0.353 e. The normalized spacial score (nSPS) is 10.2. The van der Waals surface area contributed by atoms with Crippen molar-refractivity contribution in [3.63, 3.8) is 0 Å². The van der Waals surface area contributed by atoms with Gasteiger partial charge in [0.25, 0.3) is 0 Å². The van der Waals surface area contributed by atoms with E-state index in [1.807, 2.05) is 6.07 Å². The molecule has 19 heavy (non-hydrogen) atoms. The maximum absolute atomic E-state index is 11.6. The van der Waals surface area contributed by atoms with Gasteiger partial charge in [0.2, 0.25) is 5.43 Å². The van der Waals surface area contributed by atoms with Gasteiger partial charge in [-0.25, -0.2) is 4.79 Å². The van der Waals surface area contributed by atoms with E-state index in [-0.39, 0.29) is 11.4 Å². The fraction of sp³-hybridized carbons (Fsp3) is 0.0769. The number of nitrogens with zero attached hydrogens (tertiary/aromatic N) is 1. The third-order valence-corrected chi connectivity index (χ3v) is 3.24. The van der Waals surface area contributed by atoms with Gasteiger partial charge in [-0.15, -0.1) is 0 Å². The van der Waals surface area contributed by atoms with Crippen LogP contribution in [-0.4, -0.2) is 22.8 Å². The van der Waals surface area contributed by atoms with Crippen LogP contribution in [-0.2, 0) is 0 Å². The summed E-state index contributed by atoms with van der Waals surface area (Å²) in [7, 11) is 1.36. The molecule has 0 fully saturated rings. The average molecular weight is 324 g/mol. The number of carboxylic acids is 1. The quantitative estimate of drug-likeness (QED) is 0.941. The van der Waals surface area contributed by atoms with Crippen LogP contribution in [0.3, 0.4) is 0 Å². The van der Waals surface area contributed by atoms with Gasteiger partial charge in [-0.3, -0.25) is 4.79 Å². The lowest BCUT2D eigenvalue weighted by atomic mass is 10.2. The standard InChI is InChI=1S/C13H10BrNO4/c1-19-12-7-15(9-5-3-2-4-8(9)14)10(13(17)18)6-11(12)16/h2-7H,1H3,(H,17,18). The molecule has 0 saturated carbocycles. The van der Waals surface area contributed by atoms with Crippen LogP contribution in [0.15, 0.2) is 45.8 Å². The number of aromatic nitrogens is 1. The molecule has 0 bridgehead atoms. The summed E-state index contributed by atoms with van der Waals surface area (Å²) in [6.45, 7) is 0. The van der Waals surface area contributed by atoms with Gasteiger partial charge in [-0.05, 0) is 28.1 Å². The Morgan fingerprint density at radius 1 is 1.37 bits per heavy atom. The van der Waals surface area contributed by atoms with Crippen LogP contribution < -0.4 is 10.2 Å². The lowest BCUT2D eigenvalue weighted by Crippen LogP contribution is -2.17. The van der Waals surface area contributed by atoms with Crippen molar-refractivity contribution in [1.82, 2.24) is 4.57 Å². The summed E-state index contributed by atoms with van der Waals surface area (Å²) in [5.41, 5.74) is 0.0131. The average Bonchev–Trinajstić information content (AvgIpc) is 2.39. The van der Waals surface area contributed by atoms with Gasteiger partial charge in [0.05, 0.1) is 19.0 Å². The summed E-state index contributed by atoms with van der Waals surface area (Å²) in [5, 5.41) is 9.19. The number of methoxy groups -OCH3 is 1. The topological polar surface area (TPSA) is 68.5 Å². The molecule has 0 spiro atoms.